The normalized spacial score (nSPS) is 13.2. The van der Waals surface area contributed by atoms with Gasteiger partial charge in [0, 0.05) is 18.5 Å². The number of benzene rings is 2. The Morgan fingerprint density at radius 2 is 2.11 bits per heavy atom. The predicted molar refractivity (Wildman–Crippen MR) is 73.7 cm³/mol. The van der Waals surface area contributed by atoms with Crippen LogP contribution in [0.5, 0.6) is 5.75 Å². The van der Waals surface area contributed by atoms with E-state index in [1.54, 1.807) is 6.07 Å². The summed E-state index contributed by atoms with van der Waals surface area (Å²) in [6.07, 6.45) is 0.913. The molecular weight excluding hydrogens is 241 g/mol. The van der Waals surface area contributed by atoms with E-state index in [0.29, 0.717) is 13.2 Å². The molecule has 0 atom stereocenters. The lowest BCUT2D eigenvalue weighted by atomic mass is 9.95. The molecular formula is C16H16FNO. The molecule has 0 bridgehead atoms. The van der Waals surface area contributed by atoms with Crippen LogP contribution in [0.3, 0.4) is 0 Å². The summed E-state index contributed by atoms with van der Waals surface area (Å²) in [5.41, 5.74) is 11.1. The molecule has 2 aromatic rings. The fraction of sp³-hybridized carbons (Fsp3) is 0.250. The van der Waals surface area contributed by atoms with E-state index in [1.807, 2.05) is 19.1 Å². The van der Waals surface area contributed by atoms with Crippen LogP contribution in [0.4, 0.5) is 4.39 Å². The van der Waals surface area contributed by atoms with E-state index in [4.69, 9.17) is 10.5 Å². The molecule has 3 rings (SSSR count). The summed E-state index contributed by atoms with van der Waals surface area (Å²) in [5.74, 6) is 0.732. The van der Waals surface area contributed by atoms with Crippen LogP contribution in [0.1, 0.15) is 16.7 Å². The molecule has 0 aromatic heterocycles. The van der Waals surface area contributed by atoms with Gasteiger partial charge in [0.15, 0.2) is 0 Å². The smallest absolute Gasteiger partial charge is 0.127 e. The van der Waals surface area contributed by atoms with Gasteiger partial charge < -0.3 is 10.5 Å². The molecule has 98 valence electrons. The van der Waals surface area contributed by atoms with E-state index in [2.05, 4.69) is 6.07 Å². The largest absolute Gasteiger partial charge is 0.493 e. The maximum Gasteiger partial charge on any atom is 0.127 e. The van der Waals surface area contributed by atoms with E-state index in [1.165, 1.54) is 11.6 Å². The van der Waals surface area contributed by atoms with Crippen molar-refractivity contribution in [2.75, 3.05) is 6.61 Å². The van der Waals surface area contributed by atoms with Gasteiger partial charge in [-0.3, -0.25) is 0 Å². The molecule has 0 saturated heterocycles. The zero-order valence-corrected chi connectivity index (χ0v) is 10.9. The molecule has 2 nitrogen and oxygen atoms in total. The number of halogens is 1. The van der Waals surface area contributed by atoms with E-state index in [-0.39, 0.29) is 5.82 Å². The summed E-state index contributed by atoms with van der Waals surface area (Å²) in [7, 11) is 0. The second-order valence-corrected chi connectivity index (χ2v) is 4.89. The molecule has 0 saturated carbocycles. The van der Waals surface area contributed by atoms with Crippen LogP contribution in [0, 0.1) is 12.7 Å². The highest BCUT2D eigenvalue weighted by Crippen LogP contribution is 2.35. The highest BCUT2D eigenvalue weighted by Gasteiger charge is 2.18. The lowest BCUT2D eigenvalue weighted by molar-refractivity contribution is 0.353. The van der Waals surface area contributed by atoms with Gasteiger partial charge in [0.2, 0.25) is 0 Å². The Morgan fingerprint density at radius 1 is 1.26 bits per heavy atom. The molecule has 0 unspecified atom stereocenters. The van der Waals surface area contributed by atoms with E-state index >= 15 is 0 Å². The highest BCUT2D eigenvalue weighted by molar-refractivity contribution is 5.70. The molecule has 0 radical (unpaired) electrons. The van der Waals surface area contributed by atoms with Crippen molar-refractivity contribution in [3.63, 3.8) is 0 Å². The fourth-order valence-corrected chi connectivity index (χ4v) is 2.65. The maximum atomic E-state index is 13.2. The first kappa shape index (κ1) is 12.2. The van der Waals surface area contributed by atoms with Gasteiger partial charge in [-0.05, 0) is 53.4 Å². The van der Waals surface area contributed by atoms with Gasteiger partial charge in [0.05, 0.1) is 6.61 Å². The average molecular weight is 257 g/mol. The first-order valence-electron chi connectivity index (χ1n) is 6.44. The summed E-state index contributed by atoms with van der Waals surface area (Å²) in [6.45, 7) is 3.09. The minimum atomic E-state index is -0.204. The van der Waals surface area contributed by atoms with Crippen LogP contribution >= 0.6 is 0 Å². The van der Waals surface area contributed by atoms with E-state index in [0.717, 1.165) is 34.4 Å². The number of fused-ring (bicyclic) bond motifs is 1. The Bertz CT molecular complexity index is 637. The monoisotopic (exact) mass is 257 g/mol. The first-order chi connectivity index (χ1) is 9.19. The molecule has 0 fully saturated rings. The number of hydrogen-bond donors (Lipinski definition) is 1. The average Bonchev–Trinajstić information content (AvgIpc) is 2.85. The number of nitrogens with two attached hydrogens (primary N) is 1. The van der Waals surface area contributed by atoms with Crippen molar-refractivity contribution < 1.29 is 9.13 Å². The molecule has 3 heteroatoms. The third-order valence-electron chi connectivity index (χ3n) is 3.58. The third kappa shape index (κ3) is 2.10. The lowest BCUT2D eigenvalue weighted by Gasteiger charge is -2.11. The van der Waals surface area contributed by atoms with Crippen molar-refractivity contribution in [1.29, 1.82) is 0 Å². The number of rotatable bonds is 2. The second kappa shape index (κ2) is 4.67. The molecule has 1 heterocycles. The molecule has 0 aliphatic carbocycles. The molecule has 2 aromatic carbocycles. The van der Waals surface area contributed by atoms with Gasteiger partial charge in [-0.2, -0.15) is 0 Å². The Morgan fingerprint density at radius 3 is 2.84 bits per heavy atom. The summed E-state index contributed by atoms with van der Waals surface area (Å²) < 4.78 is 18.8. The van der Waals surface area contributed by atoms with Crippen molar-refractivity contribution in [2.24, 2.45) is 5.73 Å². The Hall–Kier alpha value is -1.87. The van der Waals surface area contributed by atoms with Crippen LogP contribution < -0.4 is 10.5 Å². The van der Waals surface area contributed by atoms with Crippen LogP contribution in [0.2, 0.25) is 0 Å². The van der Waals surface area contributed by atoms with Crippen LogP contribution in [0.25, 0.3) is 11.1 Å². The summed E-state index contributed by atoms with van der Waals surface area (Å²) in [5, 5.41) is 0. The van der Waals surface area contributed by atoms with Crippen molar-refractivity contribution in [1.82, 2.24) is 0 Å². The molecule has 19 heavy (non-hydrogen) atoms. The maximum absolute atomic E-state index is 13.2. The quantitative estimate of drug-likeness (QED) is 0.896. The molecule has 1 aliphatic rings. The van der Waals surface area contributed by atoms with Crippen molar-refractivity contribution in [3.05, 3.63) is 52.8 Å². The summed E-state index contributed by atoms with van der Waals surface area (Å²) in [6, 6.07) is 9.05. The van der Waals surface area contributed by atoms with Crippen LogP contribution in [-0.2, 0) is 13.0 Å². The first-order valence-corrected chi connectivity index (χ1v) is 6.44. The zero-order valence-electron chi connectivity index (χ0n) is 10.9. The third-order valence-corrected chi connectivity index (χ3v) is 3.58. The van der Waals surface area contributed by atoms with Crippen molar-refractivity contribution >= 4 is 0 Å². The molecule has 0 amide bonds. The summed E-state index contributed by atoms with van der Waals surface area (Å²) >= 11 is 0. The summed E-state index contributed by atoms with van der Waals surface area (Å²) in [4.78, 5) is 0. The minimum absolute atomic E-state index is 0.204. The van der Waals surface area contributed by atoms with Crippen LogP contribution in [-0.4, -0.2) is 6.61 Å². The lowest BCUT2D eigenvalue weighted by Crippen LogP contribution is -2.00. The molecule has 2 N–H and O–H groups in total. The SMILES string of the molecule is Cc1cc(F)ccc1-c1cc(CN)c2c(c1)CCO2. The second-order valence-electron chi connectivity index (χ2n) is 4.89. The highest BCUT2D eigenvalue weighted by atomic mass is 19.1. The van der Waals surface area contributed by atoms with Gasteiger partial charge in [0.1, 0.15) is 11.6 Å². The number of hydrogen-bond acceptors (Lipinski definition) is 2. The zero-order chi connectivity index (χ0) is 13.4. The van der Waals surface area contributed by atoms with Gasteiger partial charge in [0.25, 0.3) is 0 Å². The van der Waals surface area contributed by atoms with Gasteiger partial charge in [-0.1, -0.05) is 6.07 Å². The van der Waals surface area contributed by atoms with Gasteiger partial charge in [-0.15, -0.1) is 0 Å². The predicted octanol–water partition coefficient (Wildman–Crippen LogP) is 3.19. The number of ether oxygens (including phenoxy) is 1. The molecule has 1 aliphatic heterocycles. The minimum Gasteiger partial charge on any atom is -0.493 e. The van der Waals surface area contributed by atoms with E-state index < -0.39 is 0 Å². The fourth-order valence-electron chi connectivity index (χ4n) is 2.65. The van der Waals surface area contributed by atoms with Gasteiger partial charge in [-0.25, -0.2) is 4.39 Å². The molecule has 0 spiro atoms. The van der Waals surface area contributed by atoms with E-state index in [9.17, 15) is 4.39 Å². The van der Waals surface area contributed by atoms with Gasteiger partial charge >= 0.3 is 0 Å². The number of aryl methyl sites for hydroxylation is 1. The Kier molecular flexibility index (Phi) is 2.99. The van der Waals surface area contributed by atoms with Crippen LogP contribution in [0.15, 0.2) is 30.3 Å². The standard InChI is InChI=1S/C16H16FNO/c1-10-6-14(17)2-3-15(10)12-7-11-4-5-19-16(11)13(8-12)9-18/h2-3,6-8H,4-5,9,18H2,1H3. The Balaban J connectivity index is 2.15. The van der Waals surface area contributed by atoms with Crippen molar-refractivity contribution in [2.45, 2.75) is 19.9 Å². The topological polar surface area (TPSA) is 35.2 Å². The van der Waals surface area contributed by atoms with Crippen molar-refractivity contribution in [3.8, 4) is 16.9 Å². The Labute approximate surface area is 112 Å².